The summed E-state index contributed by atoms with van der Waals surface area (Å²) in [5, 5.41) is 13.0. The van der Waals surface area contributed by atoms with Gasteiger partial charge >= 0.3 is 0 Å². The summed E-state index contributed by atoms with van der Waals surface area (Å²) >= 11 is 0. The number of hydrogen-bond donors (Lipinski definition) is 1. The van der Waals surface area contributed by atoms with Gasteiger partial charge in [0.15, 0.2) is 0 Å². The normalized spacial score (nSPS) is 15.6. The summed E-state index contributed by atoms with van der Waals surface area (Å²) in [7, 11) is 0. The minimum Gasteiger partial charge on any atom is -0.392 e. The highest BCUT2D eigenvalue weighted by Crippen LogP contribution is 2.15. The van der Waals surface area contributed by atoms with Crippen molar-refractivity contribution in [2.75, 3.05) is 26.2 Å². The first-order chi connectivity index (χ1) is 12.1. The van der Waals surface area contributed by atoms with Crippen molar-refractivity contribution in [3.05, 3.63) is 52.4 Å². The molecule has 0 aliphatic carbocycles. The summed E-state index contributed by atoms with van der Waals surface area (Å²) in [6.45, 7) is 7.91. The van der Waals surface area contributed by atoms with Gasteiger partial charge in [0.05, 0.1) is 18.7 Å². The van der Waals surface area contributed by atoms with Gasteiger partial charge in [-0.2, -0.15) is 0 Å². The van der Waals surface area contributed by atoms with E-state index in [2.05, 4.69) is 22.2 Å². The Hall–Kier alpha value is -2.18. The molecule has 0 bridgehead atoms. The molecule has 1 saturated heterocycles. The Morgan fingerprint density at radius 1 is 1.12 bits per heavy atom. The van der Waals surface area contributed by atoms with E-state index in [1.165, 1.54) is 5.56 Å². The summed E-state index contributed by atoms with van der Waals surface area (Å²) in [6.07, 6.45) is 0.365. The molecule has 0 radical (unpaired) electrons. The number of aromatic nitrogens is 1. The maximum Gasteiger partial charge on any atom is 0.227 e. The average molecular weight is 343 g/mol. The predicted molar refractivity (Wildman–Crippen MR) is 93.9 cm³/mol. The molecule has 1 fully saturated rings. The van der Waals surface area contributed by atoms with Crippen molar-refractivity contribution in [2.24, 2.45) is 0 Å². The van der Waals surface area contributed by atoms with Crippen molar-refractivity contribution in [3.8, 4) is 0 Å². The number of carbonyl (C=O) groups excluding carboxylic acids is 1. The summed E-state index contributed by atoms with van der Waals surface area (Å²) < 4.78 is 5.14. The third-order valence-corrected chi connectivity index (χ3v) is 4.85. The molecule has 2 heterocycles. The van der Waals surface area contributed by atoms with Crippen LogP contribution in [0, 0.1) is 13.8 Å². The van der Waals surface area contributed by atoms with Crippen LogP contribution in [0.3, 0.4) is 0 Å². The van der Waals surface area contributed by atoms with Crippen molar-refractivity contribution in [1.82, 2.24) is 15.0 Å². The van der Waals surface area contributed by atoms with Crippen molar-refractivity contribution >= 4 is 5.91 Å². The molecule has 6 heteroatoms. The first-order valence-electron chi connectivity index (χ1n) is 8.67. The molecule has 1 aromatic heterocycles. The van der Waals surface area contributed by atoms with Gasteiger partial charge in [0.1, 0.15) is 5.76 Å². The van der Waals surface area contributed by atoms with Crippen LogP contribution in [0.4, 0.5) is 0 Å². The minimum absolute atomic E-state index is 0.0756. The van der Waals surface area contributed by atoms with Gasteiger partial charge in [0.25, 0.3) is 0 Å². The van der Waals surface area contributed by atoms with Crippen LogP contribution in [0.5, 0.6) is 0 Å². The molecule has 2 aromatic rings. The molecule has 1 aliphatic heterocycles. The van der Waals surface area contributed by atoms with Gasteiger partial charge in [-0.3, -0.25) is 9.69 Å². The highest BCUT2D eigenvalue weighted by atomic mass is 16.5. The Morgan fingerprint density at radius 2 is 1.76 bits per heavy atom. The van der Waals surface area contributed by atoms with E-state index in [9.17, 15) is 4.79 Å². The topological polar surface area (TPSA) is 69.8 Å². The average Bonchev–Trinajstić information content (AvgIpc) is 2.95. The number of piperazine rings is 1. The number of amides is 1. The number of hydrogen-bond acceptors (Lipinski definition) is 5. The lowest BCUT2D eigenvalue weighted by atomic mass is 10.1. The first-order valence-corrected chi connectivity index (χ1v) is 8.67. The maximum atomic E-state index is 12.5. The number of aliphatic hydroxyl groups is 1. The molecule has 25 heavy (non-hydrogen) atoms. The zero-order valence-electron chi connectivity index (χ0n) is 14.9. The molecular formula is C19H25N3O3. The van der Waals surface area contributed by atoms with Gasteiger partial charge in [0.2, 0.25) is 5.91 Å². The Labute approximate surface area is 148 Å². The van der Waals surface area contributed by atoms with E-state index in [1.807, 2.05) is 30.9 Å². The second-order valence-corrected chi connectivity index (χ2v) is 6.61. The molecule has 0 unspecified atom stereocenters. The van der Waals surface area contributed by atoms with Crippen LogP contribution in [0.15, 0.2) is 28.8 Å². The van der Waals surface area contributed by atoms with E-state index in [4.69, 9.17) is 9.63 Å². The molecule has 1 amide bonds. The SMILES string of the molecule is Cc1noc(C)c1CC(=O)N1CCN(Cc2ccc(CO)cc2)CC1. The van der Waals surface area contributed by atoms with Crippen LogP contribution in [0.25, 0.3) is 0 Å². The highest BCUT2D eigenvalue weighted by molar-refractivity contribution is 5.79. The van der Waals surface area contributed by atoms with Crippen molar-refractivity contribution in [2.45, 2.75) is 33.4 Å². The summed E-state index contributed by atoms with van der Waals surface area (Å²) in [6, 6.07) is 8.03. The zero-order chi connectivity index (χ0) is 17.8. The molecule has 0 atom stereocenters. The fourth-order valence-corrected chi connectivity index (χ4v) is 3.18. The van der Waals surface area contributed by atoms with Crippen LogP contribution >= 0.6 is 0 Å². The molecule has 1 aromatic carbocycles. The quantitative estimate of drug-likeness (QED) is 0.894. The van der Waals surface area contributed by atoms with Crippen LogP contribution in [0.2, 0.25) is 0 Å². The van der Waals surface area contributed by atoms with E-state index in [0.29, 0.717) is 6.42 Å². The Morgan fingerprint density at radius 3 is 2.32 bits per heavy atom. The highest BCUT2D eigenvalue weighted by Gasteiger charge is 2.23. The number of benzene rings is 1. The fraction of sp³-hybridized carbons (Fsp3) is 0.474. The predicted octanol–water partition coefficient (Wildman–Crippen LogP) is 1.67. The first kappa shape index (κ1) is 17.6. The Balaban J connectivity index is 1.50. The Kier molecular flexibility index (Phi) is 5.50. The molecule has 134 valence electrons. The molecular weight excluding hydrogens is 318 g/mol. The van der Waals surface area contributed by atoms with Gasteiger partial charge in [0, 0.05) is 38.3 Å². The molecule has 0 saturated carbocycles. The van der Waals surface area contributed by atoms with Gasteiger partial charge in [-0.15, -0.1) is 0 Å². The third kappa shape index (κ3) is 4.27. The molecule has 6 nitrogen and oxygen atoms in total. The van der Waals surface area contributed by atoms with Crippen LogP contribution in [-0.4, -0.2) is 52.1 Å². The van der Waals surface area contributed by atoms with Gasteiger partial charge < -0.3 is 14.5 Å². The summed E-state index contributed by atoms with van der Waals surface area (Å²) in [5.74, 6) is 0.872. The zero-order valence-corrected chi connectivity index (χ0v) is 14.9. The second kappa shape index (κ2) is 7.80. The monoisotopic (exact) mass is 343 g/mol. The van der Waals surface area contributed by atoms with Crippen LogP contribution < -0.4 is 0 Å². The third-order valence-electron chi connectivity index (χ3n) is 4.85. The number of aryl methyl sites for hydroxylation is 2. The number of rotatable bonds is 5. The fourth-order valence-electron chi connectivity index (χ4n) is 3.18. The lowest BCUT2D eigenvalue weighted by Crippen LogP contribution is -2.48. The van der Waals surface area contributed by atoms with E-state index >= 15 is 0 Å². The van der Waals surface area contributed by atoms with Crippen molar-refractivity contribution in [1.29, 1.82) is 0 Å². The van der Waals surface area contributed by atoms with Crippen LogP contribution in [0.1, 0.15) is 28.1 Å². The lowest BCUT2D eigenvalue weighted by Gasteiger charge is -2.34. The minimum atomic E-state index is 0.0756. The Bertz CT molecular complexity index is 697. The van der Waals surface area contributed by atoms with Crippen molar-refractivity contribution < 1.29 is 14.4 Å². The van der Waals surface area contributed by atoms with E-state index < -0.39 is 0 Å². The van der Waals surface area contributed by atoms with Gasteiger partial charge in [-0.1, -0.05) is 29.4 Å². The summed E-state index contributed by atoms with van der Waals surface area (Å²) in [5.41, 5.74) is 3.87. The standard InChI is InChI=1S/C19H25N3O3/c1-14-18(15(2)25-20-14)11-19(24)22-9-7-21(8-10-22)12-16-3-5-17(13-23)6-4-16/h3-6,23H,7-13H2,1-2H3. The number of nitrogens with zero attached hydrogens (tertiary/aromatic N) is 3. The smallest absolute Gasteiger partial charge is 0.227 e. The largest absolute Gasteiger partial charge is 0.392 e. The van der Waals surface area contributed by atoms with Crippen LogP contribution in [-0.2, 0) is 24.4 Å². The van der Waals surface area contributed by atoms with E-state index in [0.717, 1.165) is 55.3 Å². The van der Waals surface area contributed by atoms with Gasteiger partial charge in [-0.05, 0) is 25.0 Å². The summed E-state index contributed by atoms with van der Waals surface area (Å²) in [4.78, 5) is 16.8. The number of aliphatic hydroxyl groups excluding tert-OH is 1. The lowest BCUT2D eigenvalue weighted by molar-refractivity contribution is -0.132. The molecule has 1 N–H and O–H groups in total. The molecule has 3 rings (SSSR count). The van der Waals surface area contributed by atoms with Crippen molar-refractivity contribution in [3.63, 3.8) is 0 Å². The number of carbonyl (C=O) groups is 1. The molecule has 0 spiro atoms. The van der Waals surface area contributed by atoms with Gasteiger partial charge in [-0.25, -0.2) is 0 Å². The second-order valence-electron chi connectivity index (χ2n) is 6.61. The van der Waals surface area contributed by atoms with E-state index in [-0.39, 0.29) is 12.5 Å². The molecule has 1 aliphatic rings. The van der Waals surface area contributed by atoms with E-state index in [1.54, 1.807) is 0 Å². The maximum absolute atomic E-state index is 12.5.